The molecule has 0 spiro atoms. The molecule has 0 bridgehead atoms. The molecule has 0 nitrogen and oxygen atoms in total. The predicted octanol–water partition coefficient (Wildman–Crippen LogP) is 6.29. The van der Waals surface area contributed by atoms with Crippen molar-refractivity contribution in [2.24, 2.45) is 0 Å². The maximum Gasteiger partial charge on any atom is 0.417 e. The highest BCUT2D eigenvalue weighted by atomic mass is 79.9. The first-order chi connectivity index (χ1) is 10.4. The van der Waals surface area contributed by atoms with Gasteiger partial charge in [0.2, 0.25) is 0 Å². The SMILES string of the molecule is Fc1ccc(/C(=C(\CBr)Sc2ccccc2)C(F)(F)F)cc1. The number of halogens is 5. The van der Waals surface area contributed by atoms with Crippen molar-refractivity contribution in [1.82, 2.24) is 0 Å². The van der Waals surface area contributed by atoms with E-state index in [1.807, 2.05) is 0 Å². The van der Waals surface area contributed by atoms with Crippen LogP contribution >= 0.6 is 27.7 Å². The second-order valence-electron chi connectivity index (χ2n) is 4.35. The number of hydrogen-bond donors (Lipinski definition) is 0. The summed E-state index contributed by atoms with van der Waals surface area (Å²) in [5.74, 6) is -0.568. The van der Waals surface area contributed by atoms with Gasteiger partial charge in [0, 0.05) is 15.1 Å². The van der Waals surface area contributed by atoms with E-state index in [4.69, 9.17) is 0 Å². The number of alkyl halides is 4. The van der Waals surface area contributed by atoms with Crippen molar-refractivity contribution in [1.29, 1.82) is 0 Å². The standard InChI is InChI=1S/C16H11BrF4S/c17-10-14(22-13-4-2-1-3-5-13)15(16(19,20)21)11-6-8-12(18)9-7-11/h1-9H,10H2/b15-14-. The molecule has 0 saturated heterocycles. The smallest absolute Gasteiger partial charge is 0.207 e. The first-order valence-electron chi connectivity index (χ1n) is 6.27. The van der Waals surface area contributed by atoms with Crippen molar-refractivity contribution in [2.45, 2.75) is 11.1 Å². The van der Waals surface area contributed by atoms with Gasteiger partial charge in [-0.2, -0.15) is 13.2 Å². The van der Waals surface area contributed by atoms with E-state index >= 15 is 0 Å². The highest BCUT2D eigenvalue weighted by Gasteiger charge is 2.37. The normalized spacial score (nSPS) is 13.0. The van der Waals surface area contributed by atoms with Gasteiger partial charge in [0.05, 0.1) is 5.57 Å². The van der Waals surface area contributed by atoms with Gasteiger partial charge in [-0.25, -0.2) is 4.39 Å². The molecule has 22 heavy (non-hydrogen) atoms. The van der Waals surface area contributed by atoms with Gasteiger partial charge in [0.25, 0.3) is 0 Å². The highest BCUT2D eigenvalue weighted by molar-refractivity contribution is 9.09. The Bertz CT molecular complexity index is 648. The summed E-state index contributed by atoms with van der Waals surface area (Å²) in [7, 11) is 0. The van der Waals surface area contributed by atoms with Crippen LogP contribution in [0, 0.1) is 5.82 Å². The van der Waals surface area contributed by atoms with Crippen LogP contribution in [-0.2, 0) is 0 Å². The zero-order chi connectivity index (χ0) is 16.2. The summed E-state index contributed by atoms with van der Waals surface area (Å²) in [5.41, 5.74) is -0.801. The Balaban J connectivity index is 2.51. The van der Waals surface area contributed by atoms with Gasteiger partial charge in [0.1, 0.15) is 5.82 Å². The quantitative estimate of drug-likeness (QED) is 0.336. The molecular formula is C16H11BrF4S. The number of thioether (sulfide) groups is 1. The van der Waals surface area contributed by atoms with Gasteiger partial charge in [-0.15, -0.1) is 0 Å². The van der Waals surface area contributed by atoms with Crippen molar-refractivity contribution < 1.29 is 17.6 Å². The monoisotopic (exact) mass is 390 g/mol. The predicted molar refractivity (Wildman–Crippen MR) is 85.5 cm³/mol. The van der Waals surface area contributed by atoms with Crippen LogP contribution in [-0.4, -0.2) is 11.5 Å². The van der Waals surface area contributed by atoms with Crippen molar-refractivity contribution in [3.05, 3.63) is 70.9 Å². The minimum absolute atomic E-state index is 0.0493. The lowest BCUT2D eigenvalue weighted by molar-refractivity contribution is -0.0691. The first kappa shape index (κ1) is 17.1. The zero-order valence-electron chi connectivity index (χ0n) is 11.2. The highest BCUT2D eigenvalue weighted by Crippen LogP contribution is 2.42. The fraction of sp³-hybridized carbons (Fsp3) is 0.125. The second kappa shape index (κ2) is 7.33. The molecular weight excluding hydrogens is 380 g/mol. The van der Waals surface area contributed by atoms with Crippen molar-refractivity contribution in [2.75, 3.05) is 5.33 Å². The summed E-state index contributed by atoms with van der Waals surface area (Å²) < 4.78 is 53.3. The Labute approximate surface area is 138 Å². The lowest BCUT2D eigenvalue weighted by atomic mass is 10.1. The molecule has 6 heteroatoms. The van der Waals surface area contributed by atoms with Crippen LogP contribution in [0.3, 0.4) is 0 Å². The molecule has 0 aliphatic rings. The molecule has 0 aromatic heterocycles. The fourth-order valence-corrected chi connectivity index (χ4v) is 3.47. The van der Waals surface area contributed by atoms with E-state index in [1.54, 1.807) is 30.3 Å². The van der Waals surface area contributed by atoms with E-state index in [9.17, 15) is 17.6 Å². The van der Waals surface area contributed by atoms with Gasteiger partial charge in [-0.3, -0.25) is 0 Å². The van der Waals surface area contributed by atoms with Crippen LogP contribution < -0.4 is 0 Å². The summed E-state index contributed by atoms with van der Waals surface area (Å²) in [6, 6.07) is 13.2. The summed E-state index contributed by atoms with van der Waals surface area (Å²) in [6.45, 7) is 0. The van der Waals surface area contributed by atoms with Crippen LogP contribution in [0.15, 0.2) is 64.4 Å². The first-order valence-corrected chi connectivity index (χ1v) is 8.21. The third-order valence-corrected chi connectivity index (χ3v) is 4.84. The van der Waals surface area contributed by atoms with Crippen LogP contribution in [0.4, 0.5) is 17.6 Å². The molecule has 0 amide bonds. The third kappa shape index (κ3) is 4.36. The van der Waals surface area contributed by atoms with Crippen LogP contribution in [0.1, 0.15) is 5.56 Å². The van der Waals surface area contributed by atoms with Gasteiger partial charge in [0.15, 0.2) is 0 Å². The van der Waals surface area contributed by atoms with Crippen LogP contribution in [0.25, 0.3) is 5.57 Å². The lowest BCUT2D eigenvalue weighted by Crippen LogP contribution is -2.13. The summed E-state index contributed by atoms with van der Waals surface area (Å²) in [6.07, 6.45) is -4.53. The molecule has 0 aliphatic heterocycles. The van der Waals surface area contributed by atoms with Gasteiger partial charge in [-0.05, 0) is 29.8 Å². The van der Waals surface area contributed by atoms with Gasteiger partial charge >= 0.3 is 6.18 Å². The molecule has 0 fully saturated rings. The Kier molecular flexibility index (Phi) is 5.69. The summed E-state index contributed by atoms with van der Waals surface area (Å²) in [5, 5.41) is 0.0543. The second-order valence-corrected chi connectivity index (χ2v) is 6.08. The molecule has 2 rings (SSSR count). The van der Waals surface area contributed by atoms with Crippen molar-refractivity contribution in [3.63, 3.8) is 0 Å². The minimum atomic E-state index is -4.53. The van der Waals surface area contributed by atoms with Crippen LogP contribution in [0.5, 0.6) is 0 Å². The Morgan fingerprint density at radius 1 is 0.955 bits per heavy atom. The van der Waals surface area contributed by atoms with Gasteiger partial charge < -0.3 is 0 Å². The maximum absolute atomic E-state index is 13.5. The molecule has 0 N–H and O–H groups in total. The van der Waals surface area contributed by atoms with E-state index in [-0.39, 0.29) is 15.8 Å². The van der Waals surface area contributed by atoms with E-state index < -0.39 is 17.6 Å². The topological polar surface area (TPSA) is 0 Å². The summed E-state index contributed by atoms with van der Waals surface area (Å²) in [4.78, 5) is 0.839. The van der Waals surface area contributed by atoms with Crippen LogP contribution in [0.2, 0.25) is 0 Å². The van der Waals surface area contributed by atoms with Crippen molar-refractivity contribution >= 4 is 33.3 Å². The Morgan fingerprint density at radius 2 is 1.55 bits per heavy atom. The van der Waals surface area contributed by atoms with Gasteiger partial charge in [-0.1, -0.05) is 58.0 Å². The van der Waals surface area contributed by atoms with Crippen molar-refractivity contribution in [3.8, 4) is 0 Å². The molecule has 0 unspecified atom stereocenters. The average molecular weight is 391 g/mol. The molecule has 2 aromatic carbocycles. The minimum Gasteiger partial charge on any atom is -0.207 e. The van der Waals surface area contributed by atoms with E-state index in [1.165, 1.54) is 0 Å². The molecule has 2 aromatic rings. The number of allylic oxidation sites excluding steroid dienone is 2. The maximum atomic E-state index is 13.5. The Morgan fingerprint density at radius 3 is 2.05 bits per heavy atom. The number of hydrogen-bond acceptors (Lipinski definition) is 1. The lowest BCUT2D eigenvalue weighted by Gasteiger charge is -2.17. The third-order valence-electron chi connectivity index (χ3n) is 2.80. The molecule has 0 aliphatic carbocycles. The largest absolute Gasteiger partial charge is 0.417 e. The molecule has 0 atom stereocenters. The zero-order valence-corrected chi connectivity index (χ0v) is 13.6. The molecule has 0 heterocycles. The molecule has 0 saturated carbocycles. The van der Waals surface area contributed by atoms with E-state index in [2.05, 4.69) is 15.9 Å². The Hall–Kier alpha value is -1.27. The van der Waals surface area contributed by atoms with E-state index in [0.29, 0.717) is 4.90 Å². The number of benzene rings is 2. The fourth-order valence-electron chi connectivity index (χ4n) is 1.88. The molecule has 116 valence electrons. The van der Waals surface area contributed by atoms with E-state index in [0.717, 1.165) is 36.0 Å². The average Bonchev–Trinajstić information content (AvgIpc) is 2.48. The number of rotatable bonds is 4. The summed E-state index contributed by atoms with van der Waals surface area (Å²) >= 11 is 4.17. The molecule has 0 radical (unpaired) electrons.